The molecule has 2 heterocycles. The lowest BCUT2D eigenvalue weighted by Gasteiger charge is -2.03. The quantitative estimate of drug-likeness (QED) is 0.666. The van der Waals surface area contributed by atoms with Crippen LogP contribution in [0.5, 0.6) is 0 Å². The highest BCUT2D eigenvalue weighted by molar-refractivity contribution is 7.12. The molecule has 2 N–H and O–H groups in total. The van der Waals surface area contributed by atoms with Crippen LogP contribution in [-0.2, 0) is 4.79 Å². The molecule has 0 bridgehead atoms. The molecule has 2 fully saturated rings. The number of hydrogen-bond donors (Lipinski definition) is 2. The molecule has 2 aliphatic carbocycles. The van der Waals surface area contributed by atoms with Crippen LogP contribution < -0.4 is 5.48 Å². The zero-order valence-electron chi connectivity index (χ0n) is 12.6. The maximum absolute atomic E-state index is 14.2. The molecule has 23 heavy (non-hydrogen) atoms. The van der Waals surface area contributed by atoms with E-state index in [2.05, 4.69) is 4.98 Å². The Hall–Kier alpha value is -1.79. The van der Waals surface area contributed by atoms with Crippen molar-refractivity contribution >= 4 is 17.2 Å². The van der Waals surface area contributed by atoms with Crippen molar-refractivity contribution in [1.82, 2.24) is 10.5 Å². The molecule has 0 unspecified atom stereocenters. The lowest BCUT2D eigenvalue weighted by Crippen LogP contribution is -2.21. The van der Waals surface area contributed by atoms with Crippen LogP contribution in [0, 0.1) is 18.7 Å². The fourth-order valence-electron chi connectivity index (χ4n) is 3.46. The Morgan fingerprint density at radius 1 is 1.39 bits per heavy atom. The first kappa shape index (κ1) is 14.8. The maximum Gasteiger partial charge on any atom is 0.247 e. The molecule has 0 aliphatic heterocycles. The molecule has 2 saturated carbocycles. The third-order valence-electron chi connectivity index (χ3n) is 4.76. The number of halogens is 1. The Balaban J connectivity index is 1.69. The van der Waals surface area contributed by atoms with Gasteiger partial charge in [0.2, 0.25) is 5.91 Å². The van der Waals surface area contributed by atoms with Crippen molar-refractivity contribution in [1.29, 1.82) is 0 Å². The Bertz CT molecular complexity index is 772. The molecule has 6 heteroatoms. The van der Waals surface area contributed by atoms with Gasteiger partial charge in [-0.1, -0.05) is 0 Å². The fraction of sp³-hybridized carbons (Fsp3) is 0.412. The van der Waals surface area contributed by atoms with Crippen LogP contribution in [0.3, 0.4) is 0 Å². The van der Waals surface area contributed by atoms with E-state index in [9.17, 15) is 9.18 Å². The summed E-state index contributed by atoms with van der Waals surface area (Å²) >= 11 is 1.39. The third-order valence-corrected chi connectivity index (χ3v) is 5.88. The Morgan fingerprint density at radius 2 is 2.17 bits per heavy atom. The zero-order valence-corrected chi connectivity index (χ0v) is 13.4. The molecule has 0 aromatic carbocycles. The summed E-state index contributed by atoms with van der Waals surface area (Å²) in [7, 11) is 0. The second kappa shape index (κ2) is 5.39. The second-order valence-electron chi connectivity index (χ2n) is 6.41. The molecule has 2 aliphatic rings. The van der Waals surface area contributed by atoms with Gasteiger partial charge in [0.15, 0.2) is 0 Å². The van der Waals surface area contributed by atoms with Gasteiger partial charge in [0.1, 0.15) is 5.82 Å². The number of aryl methyl sites for hydroxylation is 1. The largest absolute Gasteiger partial charge is 0.289 e. The Morgan fingerprint density at radius 3 is 2.78 bits per heavy atom. The van der Waals surface area contributed by atoms with Crippen LogP contribution in [0.4, 0.5) is 4.39 Å². The summed E-state index contributed by atoms with van der Waals surface area (Å²) in [5, 5.41) is 9.00. The number of carbonyl (C=O) groups is 1. The summed E-state index contributed by atoms with van der Waals surface area (Å²) in [5.41, 5.74) is 3.79. The van der Waals surface area contributed by atoms with E-state index in [4.69, 9.17) is 5.21 Å². The third kappa shape index (κ3) is 2.56. The molecule has 120 valence electrons. The summed E-state index contributed by atoms with van der Waals surface area (Å²) in [6.07, 6.45) is 4.08. The molecule has 4 nitrogen and oxygen atoms in total. The smallest absolute Gasteiger partial charge is 0.247 e. The van der Waals surface area contributed by atoms with E-state index in [1.54, 1.807) is 11.7 Å². The highest BCUT2D eigenvalue weighted by Crippen LogP contribution is 2.62. The molecular weight excluding hydrogens is 315 g/mol. The highest BCUT2D eigenvalue weighted by Gasteiger charge is 2.57. The molecule has 1 amide bonds. The summed E-state index contributed by atoms with van der Waals surface area (Å²) in [5.74, 6) is -0.923. The molecule has 0 saturated heterocycles. The number of amides is 1. The SMILES string of the molecule is Cc1cc(F)c([C@H]2[C@@H](C(=O)NO)[C@@H]2c2ccnc(C3CC3)c2)s1. The molecule has 0 radical (unpaired) electrons. The monoisotopic (exact) mass is 332 g/mol. The lowest BCUT2D eigenvalue weighted by atomic mass is 10.1. The molecule has 2 aromatic rings. The number of hydroxylamine groups is 1. The molecule has 0 spiro atoms. The first-order valence-electron chi connectivity index (χ1n) is 7.75. The van der Waals surface area contributed by atoms with Crippen molar-refractivity contribution in [2.75, 3.05) is 0 Å². The first-order valence-corrected chi connectivity index (χ1v) is 8.57. The molecule has 2 aromatic heterocycles. The summed E-state index contributed by atoms with van der Waals surface area (Å²) in [6, 6.07) is 5.44. The topological polar surface area (TPSA) is 62.2 Å². The molecule has 4 rings (SSSR count). The number of aromatic nitrogens is 1. The number of pyridine rings is 1. The number of nitrogens with one attached hydrogen (secondary N) is 1. The number of hydrogen-bond acceptors (Lipinski definition) is 4. The van der Waals surface area contributed by atoms with Gasteiger partial charge in [0, 0.05) is 39.4 Å². The van der Waals surface area contributed by atoms with Gasteiger partial charge in [0.05, 0.1) is 5.92 Å². The van der Waals surface area contributed by atoms with Gasteiger partial charge in [-0.15, -0.1) is 11.3 Å². The van der Waals surface area contributed by atoms with Crippen LogP contribution in [-0.4, -0.2) is 16.1 Å². The van der Waals surface area contributed by atoms with Crippen molar-refractivity contribution in [2.45, 2.75) is 37.5 Å². The summed E-state index contributed by atoms with van der Waals surface area (Å²) in [4.78, 5) is 17.9. The van der Waals surface area contributed by atoms with Gasteiger partial charge in [-0.05, 0) is 43.5 Å². The summed E-state index contributed by atoms with van der Waals surface area (Å²) < 4.78 is 14.2. The number of rotatable bonds is 4. The second-order valence-corrected chi connectivity index (χ2v) is 7.70. The average molecular weight is 332 g/mol. The van der Waals surface area contributed by atoms with E-state index in [0.29, 0.717) is 10.8 Å². The van der Waals surface area contributed by atoms with Crippen molar-refractivity contribution in [2.24, 2.45) is 5.92 Å². The van der Waals surface area contributed by atoms with Crippen molar-refractivity contribution in [3.63, 3.8) is 0 Å². The number of thiophene rings is 1. The van der Waals surface area contributed by atoms with Crippen LogP contribution in [0.1, 0.15) is 51.6 Å². The van der Waals surface area contributed by atoms with E-state index in [1.165, 1.54) is 17.4 Å². The predicted molar refractivity (Wildman–Crippen MR) is 84.1 cm³/mol. The first-order chi connectivity index (χ1) is 11.1. The van der Waals surface area contributed by atoms with Gasteiger partial charge >= 0.3 is 0 Å². The van der Waals surface area contributed by atoms with E-state index >= 15 is 0 Å². The van der Waals surface area contributed by atoms with Crippen molar-refractivity contribution < 1.29 is 14.4 Å². The average Bonchev–Trinajstić information content (AvgIpc) is 3.44. The minimum absolute atomic E-state index is 0.102. The molecular formula is C17H17FN2O2S. The maximum atomic E-state index is 14.2. The predicted octanol–water partition coefficient (Wildman–Crippen LogP) is 3.47. The van der Waals surface area contributed by atoms with Crippen molar-refractivity contribution in [3.05, 3.63) is 51.2 Å². The number of nitrogens with zero attached hydrogens (tertiary/aromatic N) is 1. The van der Waals surface area contributed by atoms with Gasteiger partial charge in [-0.25, -0.2) is 9.87 Å². The minimum atomic E-state index is -0.449. The minimum Gasteiger partial charge on any atom is -0.289 e. The van der Waals surface area contributed by atoms with Crippen LogP contribution in [0.2, 0.25) is 0 Å². The van der Waals surface area contributed by atoms with Crippen molar-refractivity contribution in [3.8, 4) is 0 Å². The van der Waals surface area contributed by atoms with Gasteiger partial charge in [0.25, 0.3) is 0 Å². The Kier molecular flexibility index (Phi) is 3.46. The van der Waals surface area contributed by atoms with E-state index < -0.39 is 11.8 Å². The number of carbonyl (C=O) groups excluding carboxylic acids is 1. The zero-order chi connectivity index (χ0) is 16.1. The van der Waals surface area contributed by atoms with Gasteiger partial charge in [-0.2, -0.15) is 0 Å². The van der Waals surface area contributed by atoms with Gasteiger partial charge < -0.3 is 0 Å². The lowest BCUT2D eigenvalue weighted by molar-refractivity contribution is -0.130. The normalized spacial score (nSPS) is 26.1. The van der Waals surface area contributed by atoms with E-state index in [0.717, 1.165) is 29.0 Å². The fourth-order valence-corrected chi connectivity index (χ4v) is 4.55. The van der Waals surface area contributed by atoms with Crippen LogP contribution in [0.25, 0.3) is 0 Å². The van der Waals surface area contributed by atoms with E-state index in [1.807, 2.05) is 19.1 Å². The highest BCUT2D eigenvalue weighted by atomic mass is 32.1. The Labute approximate surface area is 137 Å². The standard InChI is InChI=1S/C17H17FN2O2S/c1-8-6-11(18)16(23-8)14-13(15(14)17(21)20-22)10-4-5-19-12(7-10)9-2-3-9/h4-7,9,13-15,22H,2-3H2,1H3,(H,20,21)/t13-,14-,15+/m1/s1. The summed E-state index contributed by atoms with van der Waals surface area (Å²) in [6.45, 7) is 1.85. The molecule has 3 atom stereocenters. The van der Waals surface area contributed by atoms with Crippen LogP contribution >= 0.6 is 11.3 Å². The van der Waals surface area contributed by atoms with Crippen LogP contribution in [0.15, 0.2) is 24.4 Å². The van der Waals surface area contributed by atoms with Gasteiger partial charge in [-0.3, -0.25) is 15.0 Å². The van der Waals surface area contributed by atoms with E-state index in [-0.39, 0.29) is 17.7 Å².